The Balaban J connectivity index is 3.04. The van der Waals surface area contributed by atoms with E-state index in [0.29, 0.717) is 18.1 Å². The van der Waals surface area contributed by atoms with Crippen molar-refractivity contribution in [2.45, 2.75) is 65.2 Å². The third-order valence-corrected chi connectivity index (χ3v) is 4.26. The van der Waals surface area contributed by atoms with Crippen LogP contribution in [0.4, 0.5) is 0 Å². The van der Waals surface area contributed by atoms with Crippen LogP contribution in [0, 0.1) is 0 Å². The first-order chi connectivity index (χ1) is 9.92. The van der Waals surface area contributed by atoms with Crippen molar-refractivity contribution in [1.82, 2.24) is 0 Å². The number of hydrogen-bond donors (Lipinski definition) is 2. The highest BCUT2D eigenvalue weighted by molar-refractivity contribution is 7.46. The van der Waals surface area contributed by atoms with Gasteiger partial charge in [0.1, 0.15) is 5.75 Å². The van der Waals surface area contributed by atoms with Crippen molar-refractivity contribution in [1.29, 1.82) is 0 Å². The Labute approximate surface area is 127 Å². The lowest BCUT2D eigenvalue weighted by Gasteiger charge is -2.21. The summed E-state index contributed by atoms with van der Waals surface area (Å²) in [6.07, 6.45) is 6.43. The predicted molar refractivity (Wildman–Crippen MR) is 85.7 cm³/mol. The molecule has 1 unspecified atom stereocenters. The fraction of sp³-hybridized carbons (Fsp3) is 0.625. The van der Waals surface area contributed by atoms with Gasteiger partial charge >= 0.3 is 7.82 Å². The van der Waals surface area contributed by atoms with E-state index in [9.17, 15) is 4.57 Å². The van der Waals surface area contributed by atoms with Gasteiger partial charge in [-0.15, -0.1) is 0 Å². The molecule has 0 spiro atoms. The van der Waals surface area contributed by atoms with Gasteiger partial charge in [0, 0.05) is 0 Å². The zero-order chi connectivity index (χ0) is 15.9. The number of unbranched alkanes of at least 4 members (excludes halogenated alkanes) is 2. The molecule has 4 nitrogen and oxygen atoms in total. The molecular formula is C16H27O4P. The maximum Gasteiger partial charge on any atom is 0.524 e. The van der Waals surface area contributed by atoms with E-state index in [1.54, 1.807) is 6.07 Å². The van der Waals surface area contributed by atoms with Gasteiger partial charge in [0.2, 0.25) is 0 Å². The van der Waals surface area contributed by atoms with Crippen LogP contribution in [-0.2, 0) is 11.0 Å². The first-order valence-corrected chi connectivity index (χ1v) is 9.32. The molecule has 120 valence electrons. The monoisotopic (exact) mass is 314 g/mol. The molecule has 0 aliphatic rings. The topological polar surface area (TPSA) is 66.8 Å². The quantitative estimate of drug-likeness (QED) is 0.508. The van der Waals surface area contributed by atoms with Crippen molar-refractivity contribution in [3.63, 3.8) is 0 Å². The van der Waals surface area contributed by atoms with E-state index in [4.69, 9.17) is 14.3 Å². The number of phosphoric acid groups is 1. The second-order valence-corrected chi connectivity index (χ2v) is 6.52. The minimum absolute atomic E-state index is 0.317. The summed E-state index contributed by atoms with van der Waals surface area (Å²) in [7, 11) is -4.51. The average Bonchev–Trinajstić information content (AvgIpc) is 2.42. The maximum absolute atomic E-state index is 11.1. The van der Waals surface area contributed by atoms with Gasteiger partial charge in [-0.05, 0) is 42.4 Å². The van der Waals surface area contributed by atoms with Crippen molar-refractivity contribution in [3.05, 3.63) is 29.3 Å². The van der Waals surface area contributed by atoms with Crippen molar-refractivity contribution in [2.24, 2.45) is 0 Å². The third kappa shape index (κ3) is 5.82. The van der Waals surface area contributed by atoms with Crippen LogP contribution in [0.25, 0.3) is 0 Å². The lowest BCUT2D eigenvalue weighted by atomic mass is 9.86. The highest BCUT2D eigenvalue weighted by Crippen LogP contribution is 2.42. The molecule has 0 radical (unpaired) electrons. The fourth-order valence-electron chi connectivity index (χ4n) is 2.78. The molecule has 21 heavy (non-hydrogen) atoms. The molecule has 0 aliphatic carbocycles. The molecule has 2 N–H and O–H groups in total. The SMILES string of the molecule is CCCCCC(CC)c1cccc(OP(=O)(O)O)c1CC. The molecule has 0 heterocycles. The van der Waals surface area contributed by atoms with Crippen LogP contribution in [0.3, 0.4) is 0 Å². The summed E-state index contributed by atoms with van der Waals surface area (Å²) in [6.45, 7) is 6.34. The molecule has 1 aromatic rings. The highest BCUT2D eigenvalue weighted by Gasteiger charge is 2.21. The summed E-state index contributed by atoms with van der Waals surface area (Å²) in [4.78, 5) is 18.1. The van der Waals surface area contributed by atoms with Crippen LogP contribution >= 0.6 is 7.82 Å². The molecule has 0 saturated heterocycles. The largest absolute Gasteiger partial charge is 0.524 e. The van der Waals surface area contributed by atoms with E-state index in [2.05, 4.69) is 19.9 Å². The van der Waals surface area contributed by atoms with E-state index in [-0.39, 0.29) is 0 Å². The second-order valence-electron chi connectivity index (χ2n) is 5.36. The van der Waals surface area contributed by atoms with Crippen LogP contribution in [0.2, 0.25) is 0 Å². The summed E-state index contributed by atoms with van der Waals surface area (Å²) in [5.74, 6) is 0.740. The van der Waals surface area contributed by atoms with Crippen LogP contribution in [0.5, 0.6) is 5.75 Å². The van der Waals surface area contributed by atoms with Crippen molar-refractivity contribution >= 4 is 7.82 Å². The minimum atomic E-state index is -4.51. The smallest absolute Gasteiger partial charge is 0.404 e. The number of rotatable bonds is 9. The van der Waals surface area contributed by atoms with Gasteiger partial charge in [0.15, 0.2) is 0 Å². The predicted octanol–water partition coefficient (Wildman–Crippen LogP) is 4.79. The maximum atomic E-state index is 11.1. The van der Waals surface area contributed by atoms with Gasteiger partial charge in [-0.2, -0.15) is 0 Å². The molecule has 1 rings (SSSR count). The van der Waals surface area contributed by atoms with Gasteiger partial charge < -0.3 is 4.52 Å². The Bertz CT molecular complexity index is 481. The fourth-order valence-corrected chi connectivity index (χ4v) is 3.20. The molecule has 0 saturated carbocycles. The molecule has 0 aromatic heterocycles. The number of phosphoric ester groups is 1. The first-order valence-electron chi connectivity index (χ1n) is 7.79. The second kappa shape index (κ2) is 8.57. The highest BCUT2D eigenvalue weighted by atomic mass is 31.2. The van der Waals surface area contributed by atoms with Crippen molar-refractivity contribution in [2.75, 3.05) is 0 Å². The Morgan fingerprint density at radius 3 is 2.43 bits per heavy atom. The zero-order valence-electron chi connectivity index (χ0n) is 13.2. The molecule has 0 amide bonds. The molecule has 1 aromatic carbocycles. The van der Waals surface area contributed by atoms with E-state index < -0.39 is 7.82 Å². The van der Waals surface area contributed by atoms with Crippen LogP contribution < -0.4 is 4.52 Å². The van der Waals surface area contributed by atoms with E-state index in [1.165, 1.54) is 24.8 Å². The van der Waals surface area contributed by atoms with E-state index in [0.717, 1.165) is 18.4 Å². The normalized spacial score (nSPS) is 13.2. The zero-order valence-corrected chi connectivity index (χ0v) is 14.1. The standard InChI is InChI=1S/C16H27O4P/c1-4-7-8-10-13(5-2)15-11-9-12-16(14(15)6-3)20-21(17,18)19/h9,11-13H,4-8,10H2,1-3H3,(H2,17,18,19). The Morgan fingerprint density at radius 2 is 1.90 bits per heavy atom. The minimum Gasteiger partial charge on any atom is -0.404 e. The Morgan fingerprint density at radius 1 is 1.19 bits per heavy atom. The van der Waals surface area contributed by atoms with E-state index >= 15 is 0 Å². The molecule has 0 aliphatic heterocycles. The summed E-state index contributed by atoms with van der Waals surface area (Å²) < 4.78 is 16.0. The van der Waals surface area contributed by atoms with E-state index in [1.807, 2.05) is 13.0 Å². The van der Waals surface area contributed by atoms with Gasteiger partial charge in [0.05, 0.1) is 0 Å². The van der Waals surface area contributed by atoms with Gasteiger partial charge in [-0.25, -0.2) is 4.57 Å². The molecule has 0 fully saturated rings. The summed E-state index contributed by atoms with van der Waals surface area (Å²) in [5, 5.41) is 0. The number of hydrogen-bond acceptors (Lipinski definition) is 2. The third-order valence-electron chi connectivity index (χ3n) is 3.83. The van der Waals surface area contributed by atoms with Gasteiger partial charge in [-0.3, -0.25) is 9.79 Å². The summed E-state index contributed by atoms with van der Waals surface area (Å²) in [6, 6.07) is 5.52. The van der Waals surface area contributed by atoms with Gasteiger partial charge in [0.25, 0.3) is 0 Å². The summed E-state index contributed by atoms with van der Waals surface area (Å²) in [5.41, 5.74) is 2.09. The van der Waals surface area contributed by atoms with Crippen molar-refractivity contribution in [3.8, 4) is 5.75 Å². The van der Waals surface area contributed by atoms with Crippen LogP contribution in [0.15, 0.2) is 18.2 Å². The lowest BCUT2D eigenvalue weighted by molar-refractivity contribution is 0.282. The average molecular weight is 314 g/mol. The summed E-state index contributed by atoms with van der Waals surface area (Å²) >= 11 is 0. The molecular weight excluding hydrogens is 287 g/mol. The van der Waals surface area contributed by atoms with Crippen molar-refractivity contribution < 1.29 is 18.9 Å². The van der Waals surface area contributed by atoms with Crippen LogP contribution in [0.1, 0.15) is 69.9 Å². The van der Waals surface area contributed by atoms with Gasteiger partial charge in [-0.1, -0.05) is 52.2 Å². The Hall–Kier alpha value is -0.830. The number of benzene rings is 1. The molecule has 5 heteroatoms. The lowest BCUT2D eigenvalue weighted by Crippen LogP contribution is -2.04. The molecule has 1 atom stereocenters. The van der Waals surface area contributed by atoms with Crippen LogP contribution in [-0.4, -0.2) is 9.79 Å². The first kappa shape index (κ1) is 18.2. The molecule has 0 bridgehead atoms. The Kier molecular flexibility index (Phi) is 7.44.